The van der Waals surface area contributed by atoms with Crippen molar-refractivity contribution in [2.45, 2.75) is 0 Å². The molecule has 0 spiro atoms. The fourth-order valence-corrected chi connectivity index (χ4v) is 3.67. The van der Waals surface area contributed by atoms with Crippen LogP contribution in [0.15, 0.2) is 0 Å². The highest BCUT2D eigenvalue weighted by Gasteiger charge is 1.81. The van der Waals surface area contributed by atoms with Gasteiger partial charge < -0.3 is 0 Å². The number of thiol groups is 2. The summed E-state index contributed by atoms with van der Waals surface area (Å²) in [6.07, 6.45) is 0. The Labute approximate surface area is 66.6 Å². The molecule has 0 N–H and O–H groups in total. The van der Waals surface area contributed by atoms with Crippen LogP contribution in [0, 0.1) is 0 Å². The monoisotopic (exact) mass is 190 g/mol. The zero-order valence-corrected chi connectivity index (χ0v) is 7.77. The average molecular weight is 190 g/mol. The summed E-state index contributed by atoms with van der Waals surface area (Å²) in [5.41, 5.74) is 0. The van der Waals surface area contributed by atoms with Crippen molar-refractivity contribution in [3.05, 3.63) is 0 Å². The fourth-order valence-electron chi connectivity index (χ4n) is 0.0928. The summed E-state index contributed by atoms with van der Waals surface area (Å²) in [5, 5.41) is 1.92. The molecule has 0 aliphatic rings. The van der Waals surface area contributed by atoms with Crippen LogP contribution in [-0.4, -0.2) is 10.2 Å². The van der Waals surface area contributed by atoms with E-state index in [1.807, 2.05) is 0 Å². The molecule has 0 saturated carbocycles. The topological polar surface area (TPSA) is 0 Å². The number of rotatable bonds is 4. The van der Waals surface area contributed by atoms with Gasteiger partial charge in [-0.25, -0.2) is 0 Å². The Kier molecular flexibility index (Phi) is 9.69. The maximum Gasteiger partial charge on any atom is 0.0597 e. The van der Waals surface area contributed by atoms with Gasteiger partial charge in [-0.15, -0.1) is 11.7 Å². The summed E-state index contributed by atoms with van der Waals surface area (Å²) in [6.45, 7) is 0. The lowest BCUT2D eigenvalue weighted by Crippen LogP contribution is -1.55. The van der Waals surface area contributed by atoms with E-state index in [-0.39, 0.29) is 0 Å². The minimum Gasteiger partial charge on any atom is -0.167 e. The Bertz CT molecular complexity index is 25.3. The second-order valence-corrected chi connectivity index (χ2v) is 5.51. The molecule has 0 nitrogen and oxygen atoms in total. The van der Waals surface area contributed by atoms with E-state index in [0.29, 0.717) is 0 Å². The SMILES string of the molecule is SCSSCSS. The van der Waals surface area contributed by atoms with Gasteiger partial charge in [-0.05, 0) is 0 Å². The Balaban J connectivity index is 2.45. The van der Waals surface area contributed by atoms with E-state index in [0.717, 1.165) is 10.2 Å². The van der Waals surface area contributed by atoms with Crippen molar-refractivity contribution in [3.63, 3.8) is 0 Å². The Hall–Kier alpha value is 1.75. The standard InChI is InChI=1S/C2H6S5/c3-1-6-7-2-5-4/h3-4H,1-2H2. The van der Waals surface area contributed by atoms with E-state index in [1.165, 1.54) is 0 Å². The van der Waals surface area contributed by atoms with Crippen LogP contribution in [0.5, 0.6) is 0 Å². The maximum atomic E-state index is 4.00. The minimum absolute atomic E-state index is 0.888. The van der Waals surface area contributed by atoms with Gasteiger partial charge in [-0.2, -0.15) is 12.6 Å². The highest BCUT2D eigenvalue weighted by Crippen LogP contribution is 2.27. The van der Waals surface area contributed by atoms with E-state index >= 15 is 0 Å². The van der Waals surface area contributed by atoms with Crippen LogP contribution in [0.1, 0.15) is 0 Å². The molecule has 0 amide bonds. The van der Waals surface area contributed by atoms with Gasteiger partial charge in [0.15, 0.2) is 0 Å². The van der Waals surface area contributed by atoms with Gasteiger partial charge in [0.2, 0.25) is 0 Å². The first-order chi connectivity index (χ1) is 3.41. The molecular formula is C2H6S5. The highest BCUT2D eigenvalue weighted by atomic mass is 33.1. The molecule has 0 radical (unpaired) electrons. The van der Waals surface area contributed by atoms with Crippen molar-refractivity contribution < 1.29 is 0 Å². The molecule has 0 aromatic heterocycles. The van der Waals surface area contributed by atoms with Crippen molar-refractivity contribution in [2.75, 3.05) is 10.2 Å². The first kappa shape index (κ1) is 8.75. The lowest BCUT2D eigenvalue weighted by molar-refractivity contribution is 2.32. The van der Waals surface area contributed by atoms with E-state index in [1.54, 1.807) is 32.4 Å². The molecule has 0 heterocycles. The Morgan fingerprint density at radius 1 is 1.29 bits per heavy atom. The molecule has 44 valence electrons. The van der Waals surface area contributed by atoms with E-state index < -0.39 is 0 Å². The lowest BCUT2D eigenvalue weighted by Gasteiger charge is -1.89. The quantitative estimate of drug-likeness (QED) is 0.303. The molecule has 0 aliphatic carbocycles. The van der Waals surface area contributed by atoms with E-state index in [9.17, 15) is 0 Å². The van der Waals surface area contributed by atoms with Crippen LogP contribution in [-0.2, 0) is 0 Å². The second kappa shape index (κ2) is 7.75. The zero-order valence-electron chi connectivity index (χ0n) is 3.53. The molecule has 0 rings (SSSR count). The molecule has 5 heteroatoms. The van der Waals surface area contributed by atoms with Gasteiger partial charge in [-0.3, -0.25) is 0 Å². The highest BCUT2D eigenvalue weighted by molar-refractivity contribution is 8.83. The molecule has 0 atom stereocenters. The molecule has 0 saturated heterocycles. The van der Waals surface area contributed by atoms with Crippen LogP contribution >= 0.6 is 56.7 Å². The molecule has 0 aromatic carbocycles. The largest absolute Gasteiger partial charge is 0.167 e. The fraction of sp³-hybridized carbons (Fsp3) is 1.00. The predicted molar refractivity (Wildman–Crippen MR) is 50.5 cm³/mol. The van der Waals surface area contributed by atoms with Gasteiger partial charge in [-0.1, -0.05) is 32.4 Å². The molecule has 0 aromatic rings. The summed E-state index contributed by atoms with van der Waals surface area (Å²) in [7, 11) is 5.07. The summed E-state index contributed by atoms with van der Waals surface area (Å²) < 4.78 is 0. The van der Waals surface area contributed by atoms with Crippen molar-refractivity contribution >= 4 is 56.7 Å². The summed E-state index contributed by atoms with van der Waals surface area (Å²) in [6, 6.07) is 0. The summed E-state index contributed by atoms with van der Waals surface area (Å²) >= 11 is 7.95. The third kappa shape index (κ3) is 7.75. The number of hydrogen-bond acceptors (Lipinski definition) is 5. The van der Waals surface area contributed by atoms with Crippen molar-refractivity contribution in [1.29, 1.82) is 0 Å². The molecule has 0 bridgehead atoms. The maximum absolute atomic E-state index is 4.00. The van der Waals surface area contributed by atoms with E-state index in [4.69, 9.17) is 0 Å². The van der Waals surface area contributed by atoms with Crippen molar-refractivity contribution in [3.8, 4) is 0 Å². The van der Waals surface area contributed by atoms with Gasteiger partial charge in [0.05, 0.1) is 5.08 Å². The molecule has 0 aliphatic heterocycles. The second-order valence-electron chi connectivity index (χ2n) is 0.612. The van der Waals surface area contributed by atoms with Crippen LogP contribution in [0.2, 0.25) is 0 Å². The first-order valence-corrected chi connectivity index (χ1v) is 6.69. The normalized spacial score (nSPS) is 9.43. The molecule has 0 unspecified atom stereocenters. The lowest BCUT2D eigenvalue weighted by atomic mass is 11.9. The number of hydrogen-bond donors (Lipinski definition) is 2. The minimum atomic E-state index is 0.888. The Morgan fingerprint density at radius 2 is 2.00 bits per heavy atom. The third-order valence-corrected chi connectivity index (χ3v) is 4.90. The van der Waals surface area contributed by atoms with Crippen LogP contribution in [0.4, 0.5) is 0 Å². The molecule has 7 heavy (non-hydrogen) atoms. The van der Waals surface area contributed by atoms with Crippen LogP contribution in [0.3, 0.4) is 0 Å². The van der Waals surface area contributed by atoms with Crippen molar-refractivity contribution in [2.24, 2.45) is 0 Å². The molecule has 0 fully saturated rings. The van der Waals surface area contributed by atoms with E-state index in [2.05, 4.69) is 24.3 Å². The predicted octanol–water partition coefficient (Wildman–Crippen LogP) is 2.79. The molecular weight excluding hydrogens is 184 g/mol. The van der Waals surface area contributed by atoms with Crippen LogP contribution < -0.4 is 0 Å². The van der Waals surface area contributed by atoms with Crippen molar-refractivity contribution in [1.82, 2.24) is 0 Å². The van der Waals surface area contributed by atoms with Gasteiger partial charge in [0, 0.05) is 5.08 Å². The summed E-state index contributed by atoms with van der Waals surface area (Å²) in [5.74, 6) is 0. The first-order valence-electron chi connectivity index (χ1n) is 1.53. The smallest absolute Gasteiger partial charge is 0.0597 e. The average Bonchev–Trinajstić information content (AvgIpc) is 1.69. The zero-order chi connectivity index (χ0) is 5.54. The van der Waals surface area contributed by atoms with Crippen LogP contribution in [0.25, 0.3) is 0 Å². The third-order valence-electron chi connectivity index (χ3n) is 0.237. The Morgan fingerprint density at radius 3 is 2.43 bits per heavy atom. The summed E-state index contributed by atoms with van der Waals surface area (Å²) in [4.78, 5) is 0. The van der Waals surface area contributed by atoms with Gasteiger partial charge in [0.1, 0.15) is 0 Å². The van der Waals surface area contributed by atoms with Gasteiger partial charge >= 0.3 is 0 Å². The van der Waals surface area contributed by atoms with Gasteiger partial charge in [0.25, 0.3) is 0 Å².